The lowest BCUT2D eigenvalue weighted by atomic mass is 9.97. The first-order valence-corrected chi connectivity index (χ1v) is 5.39. The van der Waals surface area contributed by atoms with Crippen LogP contribution in [0.2, 0.25) is 0 Å². The lowest BCUT2D eigenvalue weighted by Gasteiger charge is -2.22. The van der Waals surface area contributed by atoms with Gasteiger partial charge < -0.3 is 9.84 Å². The van der Waals surface area contributed by atoms with Crippen LogP contribution in [-0.2, 0) is 11.2 Å². The minimum absolute atomic E-state index is 0.183. The van der Waals surface area contributed by atoms with Gasteiger partial charge in [0.25, 0.3) is 0 Å². The Kier molecular flexibility index (Phi) is 4.25. The van der Waals surface area contributed by atoms with Crippen LogP contribution >= 0.6 is 15.9 Å². The summed E-state index contributed by atoms with van der Waals surface area (Å²) in [6, 6.07) is 4.79. The van der Waals surface area contributed by atoms with E-state index in [9.17, 15) is 9.50 Å². The Morgan fingerprint density at radius 1 is 1.53 bits per heavy atom. The van der Waals surface area contributed by atoms with Crippen LogP contribution in [0.4, 0.5) is 4.39 Å². The highest BCUT2D eigenvalue weighted by atomic mass is 79.9. The molecular formula is C11H14BrFO2. The van der Waals surface area contributed by atoms with Crippen molar-refractivity contribution in [3.05, 3.63) is 34.1 Å². The summed E-state index contributed by atoms with van der Waals surface area (Å²) in [5.74, 6) is -0.319. The third-order valence-electron chi connectivity index (χ3n) is 2.04. The highest BCUT2D eigenvalue weighted by Gasteiger charge is 2.22. The first-order valence-electron chi connectivity index (χ1n) is 4.60. The molecule has 1 atom stereocenters. The Hall–Kier alpha value is -0.450. The third-order valence-corrected chi connectivity index (χ3v) is 2.53. The van der Waals surface area contributed by atoms with Crippen LogP contribution in [0.1, 0.15) is 12.5 Å². The number of rotatable bonds is 4. The molecule has 0 fully saturated rings. The number of hydrogen-bond donors (Lipinski definition) is 1. The zero-order valence-electron chi connectivity index (χ0n) is 8.76. The first-order chi connectivity index (χ1) is 6.94. The van der Waals surface area contributed by atoms with Crippen LogP contribution < -0.4 is 0 Å². The summed E-state index contributed by atoms with van der Waals surface area (Å²) >= 11 is 3.18. The average Bonchev–Trinajstić information content (AvgIpc) is 2.09. The monoisotopic (exact) mass is 276 g/mol. The molecule has 0 spiro atoms. The van der Waals surface area contributed by atoms with Crippen molar-refractivity contribution in [2.75, 3.05) is 13.7 Å². The molecule has 0 aliphatic carbocycles. The van der Waals surface area contributed by atoms with Crippen molar-refractivity contribution in [3.63, 3.8) is 0 Å². The SMILES string of the molecule is COCC(C)(O)Cc1ccc(Br)cc1F. The molecule has 0 radical (unpaired) electrons. The molecular weight excluding hydrogens is 263 g/mol. The maximum Gasteiger partial charge on any atom is 0.127 e. The van der Waals surface area contributed by atoms with E-state index in [1.807, 2.05) is 0 Å². The van der Waals surface area contributed by atoms with E-state index in [-0.39, 0.29) is 18.8 Å². The molecule has 0 amide bonds. The molecule has 0 heterocycles. The van der Waals surface area contributed by atoms with Gasteiger partial charge in [-0.3, -0.25) is 0 Å². The van der Waals surface area contributed by atoms with Crippen molar-refractivity contribution >= 4 is 15.9 Å². The van der Waals surface area contributed by atoms with Crippen molar-refractivity contribution in [3.8, 4) is 0 Å². The Bertz CT molecular complexity index is 339. The third kappa shape index (κ3) is 3.89. The Labute approximate surface area is 97.2 Å². The van der Waals surface area contributed by atoms with Gasteiger partial charge in [0.05, 0.1) is 12.2 Å². The molecule has 15 heavy (non-hydrogen) atoms. The van der Waals surface area contributed by atoms with E-state index in [4.69, 9.17) is 4.74 Å². The van der Waals surface area contributed by atoms with Crippen molar-refractivity contribution in [2.24, 2.45) is 0 Å². The van der Waals surface area contributed by atoms with Crippen molar-refractivity contribution in [1.29, 1.82) is 0 Å². The van der Waals surface area contributed by atoms with Gasteiger partial charge in [-0.05, 0) is 24.6 Å². The molecule has 2 nitrogen and oxygen atoms in total. The largest absolute Gasteiger partial charge is 0.387 e. The van der Waals surface area contributed by atoms with Gasteiger partial charge in [0.15, 0.2) is 0 Å². The number of ether oxygens (including phenoxy) is 1. The molecule has 0 aliphatic rings. The summed E-state index contributed by atoms with van der Waals surface area (Å²) in [5.41, 5.74) is -0.552. The summed E-state index contributed by atoms with van der Waals surface area (Å²) in [7, 11) is 1.51. The number of halogens is 2. The second kappa shape index (κ2) is 5.05. The second-order valence-electron chi connectivity index (χ2n) is 3.84. The fourth-order valence-corrected chi connectivity index (χ4v) is 1.77. The molecule has 1 aromatic carbocycles. The number of aliphatic hydroxyl groups is 1. The van der Waals surface area contributed by atoms with E-state index in [1.165, 1.54) is 13.2 Å². The number of benzene rings is 1. The van der Waals surface area contributed by atoms with Gasteiger partial charge in [-0.15, -0.1) is 0 Å². The fourth-order valence-electron chi connectivity index (χ4n) is 1.44. The molecule has 84 valence electrons. The predicted octanol–water partition coefficient (Wildman–Crippen LogP) is 2.53. The molecule has 0 saturated carbocycles. The maximum absolute atomic E-state index is 13.4. The molecule has 1 rings (SSSR count). The maximum atomic E-state index is 13.4. The summed E-state index contributed by atoms with van der Waals surface area (Å²) in [6.45, 7) is 1.81. The minimum Gasteiger partial charge on any atom is -0.387 e. The lowest BCUT2D eigenvalue weighted by Crippen LogP contribution is -2.33. The highest BCUT2D eigenvalue weighted by Crippen LogP contribution is 2.20. The average molecular weight is 277 g/mol. The highest BCUT2D eigenvalue weighted by molar-refractivity contribution is 9.10. The van der Waals surface area contributed by atoms with Crippen molar-refractivity contribution < 1.29 is 14.2 Å². The predicted molar refractivity (Wildman–Crippen MR) is 60.3 cm³/mol. The van der Waals surface area contributed by atoms with Gasteiger partial charge in [0, 0.05) is 18.0 Å². The normalized spacial score (nSPS) is 15.0. The van der Waals surface area contributed by atoms with Gasteiger partial charge in [0.2, 0.25) is 0 Å². The van der Waals surface area contributed by atoms with Gasteiger partial charge in [-0.25, -0.2) is 4.39 Å². The minimum atomic E-state index is -1.04. The van der Waals surface area contributed by atoms with Crippen LogP contribution in [0.5, 0.6) is 0 Å². The topological polar surface area (TPSA) is 29.5 Å². The smallest absolute Gasteiger partial charge is 0.127 e. The van der Waals surface area contributed by atoms with Gasteiger partial charge in [-0.1, -0.05) is 22.0 Å². The summed E-state index contributed by atoms with van der Waals surface area (Å²) in [5, 5.41) is 9.86. The molecule has 0 aliphatic heterocycles. The van der Waals surface area contributed by atoms with Crippen LogP contribution in [0.3, 0.4) is 0 Å². The molecule has 1 aromatic rings. The van der Waals surface area contributed by atoms with E-state index in [0.717, 1.165) is 0 Å². The summed E-state index contributed by atoms with van der Waals surface area (Å²) < 4.78 is 19.0. The van der Waals surface area contributed by atoms with Crippen LogP contribution in [0, 0.1) is 5.82 Å². The summed E-state index contributed by atoms with van der Waals surface area (Å²) in [6.07, 6.45) is 0.236. The first kappa shape index (κ1) is 12.6. The zero-order valence-corrected chi connectivity index (χ0v) is 10.3. The van der Waals surface area contributed by atoms with E-state index in [0.29, 0.717) is 10.0 Å². The molecule has 0 bridgehead atoms. The van der Waals surface area contributed by atoms with E-state index < -0.39 is 5.60 Å². The number of methoxy groups -OCH3 is 1. The molecule has 0 saturated heterocycles. The van der Waals surface area contributed by atoms with Gasteiger partial charge in [0.1, 0.15) is 5.82 Å². The molecule has 1 N–H and O–H groups in total. The Morgan fingerprint density at radius 2 is 2.20 bits per heavy atom. The van der Waals surface area contributed by atoms with Crippen LogP contribution in [-0.4, -0.2) is 24.4 Å². The van der Waals surface area contributed by atoms with E-state index >= 15 is 0 Å². The Morgan fingerprint density at radius 3 is 2.73 bits per heavy atom. The fraction of sp³-hybridized carbons (Fsp3) is 0.455. The molecule has 4 heteroatoms. The molecule has 1 unspecified atom stereocenters. The molecule has 0 aromatic heterocycles. The van der Waals surface area contributed by atoms with E-state index in [1.54, 1.807) is 19.1 Å². The van der Waals surface area contributed by atoms with Gasteiger partial charge in [-0.2, -0.15) is 0 Å². The zero-order chi connectivity index (χ0) is 11.5. The van der Waals surface area contributed by atoms with Crippen molar-refractivity contribution in [2.45, 2.75) is 18.9 Å². The lowest BCUT2D eigenvalue weighted by molar-refractivity contribution is -0.0166. The van der Waals surface area contributed by atoms with Gasteiger partial charge >= 0.3 is 0 Å². The van der Waals surface area contributed by atoms with Crippen LogP contribution in [0.15, 0.2) is 22.7 Å². The standard InChI is InChI=1S/C11H14BrFO2/c1-11(14,7-15-2)6-8-3-4-9(12)5-10(8)13/h3-5,14H,6-7H2,1-2H3. The number of hydrogen-bond acceptors (Lipinski definition) is 2. The quantitative estimate of drug-likeness (QED) is 0.916. The summed E-state index contributed by atoms with van der Waals surface area (Å²) in [4.78, 5) is 0. The Balaban J connectivity index is 2.80. The second-order valence-corrected chi connectivity index (χ2v) is 4.76. The van der Waals surface area contributed by atoms with Crippen LogP contribution in [0.25, 0.3) is 0 Å². The van der Waals surface area contributed by atoms with E-state index in [2.05, 4.69) is 15.9 Å². The van der Waals surface area contributed by atoms with Crippen molar-refractivity contribution in [1.82, 2.24) is 0 Å².